The van der Waals surface area contributed by atoms with Crippen LogP contribution in [0.2, 0.25) is 0 Å². The fourth-order valence-corrected chi connectivity index (χ4v) is 4.42. The Morgan fingerprint density at radius 1 is 0.833 bits per heavy atom. The molecule has 0 aliphatic rings. The fourth-order valence-electron chi connectivity index (χ4n) is 4.42. The SMILES string of the molecule is O=C(CCc1ccccc1F)NCCCOc1ccc(C[C@H](Nc2ccccc2C(=O)c2ccccc2)C(=O)O)cc1. The molecule has 8 heteroatoms. The number of para-hydroxylation sites is 1. The normalized spacial score (nSPS) is 11.4. The maximum absolute atomic E-state index is 13.7. The summed E-state index contributed by atoms with van der Waals surface area (Å²) in [5.74, 6) is -1.04. The van der Waals surface area contributed by atoms with Crippen LogP contribution in [0.1, 0.15) is 39.9 Å². The van der Waals surface area contributed by atoms with Gasteiger partial charge < -0.3 is 20.5 Å². The molecule has 0 bridgehead atoms. The van der Waals surface area contributed by atoms with Crippen LogP contribution >= 0.6 is 0 Å². The summed E-state index contributed by atoms with van der Waals surface area (Å²) in [7, 11) is 0. The van der Waals surface area contributed by atoms with E-state index < -0.39 is 12.0 Å². The molecule has 0 radical (unpaired) electrons. The van der Waals surface area contributed by atoms with Crippen molar-refractivity contribution in [1.82, 2.24) is 5.32 Å². The van der Waals surface area contributed by atoms with Gasteiger partial charge in [0.2, 0.25) is 5.91 Å². The third-order valence-corrected chi connectivity index (χ3v) is 6.69. The Labute approximate surface area is 244 Å². The number of aryl methyl sites for hydroxylation is 1. The number of rotatable bonds is 15. The predicted octanol–water partition coefficient (Wildman–Crippen LogP) is 5.68. The Kier molecular flexibility index (Phi) is 10.8. The molecule has 4 aromatic rings. The lowest BCUT2D eigenvalue weighted by Crippen LogP contribution is -2.32. The highest BCUT2D eigenvalue weighted by atomic mass is 19.1. The number of hydrogen-bond acceptors (Lipinski definition) is 5. The van der Waals surface area contributed by atoms with Crippen LogP contribution < -0.4 is 15.4 Å². The van der Waals surface area contributed by atoms with Crippen molar-refractivity contribution in [2.75, 3.05) is 18.5 Å². The van der Waals surface area contributed by atoms with Crippen LogP contribution in [-0.4, -0.2) is 42.0 Å². The summed E-state index contributed by atoms with van der Waals surface area (Å²) in [4.78, 5) is 37.1. The van der Waals surface area contributed by atoms with Gasteiger partial charge in [-0.2, -0.15) is 0 Å². The predicted molar refractivity (Wildman–Crippen MR) is 159 cm³/mol. The number of benzene rings is 4. The molecule has 0 heterocycles. The third-order valence-electron chi connectivity index (χ3n) is 6.69. The summed E-state index contributed by atoms with van der Waals surface area (Å²) in [5.41, 5.74) is 2.69. The first kappa shape index (κ1) is 30.0. The van der Waals surface area contributed by atoms with Gasteiger partial charge in [0, 0.05) is 36.2 Å². The summed E-state index contributed by atoms with van der Waals surface area (Å²) in [5, 5.41) is 15.7. The smallest absolute Gasteiger partial charge is 0.326 e. The van der Waals surface area contributed by atoms with E-state index in [0.29, 0.717) is 54.1 Å². The Morgan fingerprint density at radius 3 is 2.26 bits per heavy atom. The maximum atomic E-state index is 13.7. The second-order valence-corrected chi connectivity index (χ2v) is 9.77. The first-order chi connectivity index (χ1) is 20.4. The van der Waals surface area contributed by atoms with Crippen LogP contribution in [0.25, 0.3) is 0 Å². The lowest BCUT2D eigenvalue weighted by Gasteiger charge is -2.18. The number of carbonyl (C=O) groups is 3. The number of halogens is 1. The summed E-state index contributed by atoms with van der Waals surface area (Å²) in [6, 6.07) is 28.4. The number of amides is 1. The Hall–Kier alpha value is -4.98. The molecule has 3 N–H and O–H groups in total. The summed E-state index contributed by atoms with van der Waals surface area (Å²) in [6.45, 7) is 0.826. The lowest BCUT2D eigenvalue weighted by molar-refractivity contribution is -0.137. The zero-order valence-corrected chi connectivity index (χ0v) is 23.1. The number of aliphatic carboxylic acids is 1. The topological polar surface area (TPSA) is 105 Å². The van der Waals surface area contributed by atoms with E-state index in [9.17, 15) is 23.9 Å². The standard InChI is InChI=1S/C34H33FN2O5/c35-29-13-6-4-9-25(29)17-20-32(38)36-21-8-22-42-27-18-15-24(16-19-27)23-31(34(40)41)37-30-14-7-5-12-28(30)33(39)26-10-2-1-3-11-26/h1-7,9-16,18-19,31,37H,8,17,20-23H2,(H,36,38)(H,40,41)/t31-/m0/s1. The number of ketones is 1. The number of carboxylic acid groups (broad SMARTS) is 1. The molecule has 1 atom stereocenters. The zero-order chi connectivity index (χ0) is 29.7. The molecule has 0 fully saturated rings. The summed E-state index contributed by atoms with van der Waals surface area (Å²) in [6.07, 6.45) is 1.35. The zero-order valence-electron chi connectivity index (χ0n) is 23.1. The second-order valence-electron chi connectivity index (χ2n) is 9.77. The van der Waals surface area contributed by atoms with Crippen molar-refractivity contribution in [1.29, 1.82) is 0 Å². The van der Waals surface area contributed by atoms with Crippen LogP contribution in [0.4, 0.5) is 10.1 Å². The molecule has 0 saturated heterocycles. The van der Waals surface area contributed by atoms with Gasteiger partial charge >= 0.3 is 5.97 Å². The van der Waals surface area contributed by atoms with Gasteiger partial charge in [0.25, 0.3) is 0 Å². The van der Waals surface area contributed by atoms with E-state index in [1.165, 1.54) is 6.07 Å². The van der Waals surface area contributed by atoms with Gasteiger partial charge in [-0.25, -0.2) is 9.18 Å². The molecule has 0 spiro atoms. The highest BCUT2D eigenvalue weighted by Crippen LogP contribution is 2.22. The van der Waals surface area contributed by atoms with Crippen molar-refractivity contribution in [3.8, 4) is 5.75 Å². The van der Waals surface area contributed by atoms with Crippen LogP contribution in [0, 0.1) is 5.82 Å². The van der Waals surface area contributed by atoms with Gasteiger partial charge in [0.15, 0.2) is 5.78 Å². The molecule has 0 aromatic heterocycles. The van der Waals surface area contributed by atoms with Gasteiger partial charge in [-0.3, -0.25) is 9.59 Å². The first-order valence-corrected chi connectivity index (χ1v) is 13.8. The monoisotopic (exact) mass is 568 g/mol. The van der Waals surface area contributed by atoms with Crippen molar-refractivity contribution >= 4 is 23.3 Å². The van der Waals surface area contributed by atoms with Crippen LogP contribution in [0.3, 0.4) is 0 Å². The van der Waals surface area contributed by atoms with E-state index in [4.69, 9.17) is 4.74 Å². The van der Waals surface area contributed by atoms with Crippen molar-refractivity contribution in [3.63, 3.8) is 0 Å². The average Bonchev–Trinajstić information content (AvgIpc) is 3.01. The molecule has 42 heavy (non-hydrogen) atoms. The highest BCUT2D eigenvalue weighted by molar-refractivity contribution is 6.12. The molecule has 0 aliphatic heterocycles. The Bertz CT molecular complexity index is 1490. The van der Waals surface area contributed by atoms with Gasteiger partial charge in [-0.15, -0.1) is 0 Å². The first-order valence-electron chi connectivity index (χ1n) is 13.8. The van der Waals surface area contributed by atoms with Crippen LogP contribution in [0.5, 0.6) is 5.75 Å². The van der Waals surface area contributed by atoms with E-state index >= 15 is 0 Å². The number of hydrogen-bond donors (Lipinski definition) is 3. The lowest BCUT2D eigenvalue weighted by atomic mass is 10.00. The van der Waals surface area contributed by atoms with Gasteiger partial charge in [-0.1, -0.05) is 72.8 Å². The Balaban J connectivity index is 1.23. The summed E-state index contributed by atoms with van der Waals surface area (Å²) < 4.78 is 19.4. The van der Waals surface area contributed by atoms with Crippen molar-refractivity contribution < 1.29 is 28.6 Å². The van der Waals surface area contributed by atoms with Gasteiger partial charge in [-0.05, 0) is 54.3 Å². The van der Waals surface area contributed by atoms with Crippen LogP contribution in [0.15, 0.2) is 103 Å². The molecule has 4 rings (SSSR count). The van der Waals surface area contributed by atoms with Crippen LogP contribution in [-0.2, 0) is 22.4 Å². The van der Waals surface area contributed by atoms with E-state index in [1.807, 2.05) is 6.07 Å². The van der Waals surface area contributed by atoms with E-state index in [2.05, 4.69) is 10.6 Å². The van der Waals surface area contributed by atoms with E-state index in [-0.39, 0.29) is 30.3 Å². The minimum atomic E-state index is -1.03. The molecule has 216 valence electrons. The molecule has 0 unspecified atom stereocenters. The number of nitrogens with one attached hydrogen (secondary N) is 2. The largest absolute Gasteiger partial charge is 0.494 e. The molecule has 7 nitrogen and oxygen atoms in total. The number of ether oxygens (including phenoxy) is 1. The molecule has 4 aromatic carbocycles. The fraction of sp³-hybridized carbons (Fsp3) is 0.206. The minimum absolute atomic E-state index is 0.142. The molecular weight excluding hydrogens is 535 g/mol. The van der Waals surface area contributed by atoms with Crippen molar-refractivity contribution in [2.24, 2.45) is 0 Å². The highest BCUT2D eigenvalue weighted by Gasteiger charge is 2.21. The number of anilines is 1. The minimum Gasteiger partial charge on any atom is -0.494 e. The third kappa shape index (κ3) is 8.76. The van der Waals surface area contributed by atoms with E-state index in [0.717, 1.165) is 5.56 Å². The average molecular weight is 569 g/mol. The molecule has 0 aliphatic carbocycles. The Morgan fingerprint density at radius 2 is 1.52 bits per heavy atom. The summed E-state index contributed by atoms with van der Waals surface area (Å²) >= 11 is 0. The van der Waals surface area contributed by atoms with E-state index in [1.54, 1.807) is 91.0 Å². The molecule has 1 amide bonds. The molecule has 0 saturated carbocycles. The molecular formula is C34H33FN2O5. The van der Waals surface area contributed by atoms with Crippen molar-refractivity contribution in [2.45, 2.75) is 31.7 Å². The van der Waals surface area contributed by atoms with Crippen molar-refractivity contribution in [3.05, 3.63) is 131 Å². The van der Waals surface area contributed by atoms with Gasteiger partial charge in [0.05, 0.1) is 6.61 Å². The number of carbonyl (C=O) groups excluding carboxylic acids is 2. The quantitative estimate of drug-likeness (QED) is 0.126. The van der Waals surface area contributed by atoms with Gasteiger partial charge in [0.1, 0.15) is 17.6 Å². The second kappa shape index (κ2) is 15.1. The maximum Gasteiger partial charge on any atom is 0.326 e. The number of carboxylic acids is 1.